The number of amides is 2. The van der Waals surface area contributed by atoms with Gasteiger partial charge < -0.3 is 0 Å². The average Bonchev–Trinajstić information content (AvgIpc) is 2.14. The lowest BCUT2D eigenvalue weighted by Gasteiger charge is -2.28. The number of imide groups is 1. The maximum atomic E-state index is 11.7. The van der Waals surface area contributed by atoms with Gasteiger partial charge in [-0.2, -0.15) is 0 Å². The standard InChI is InChI=1S/C11H19NO4S/c1-11(17(2,15)16)7-3-5-9(13)12-10(14)6-4-8-11/h3-8H2,1-2H3,(H,12,13,14). The van der Waals surface area contributed by atoms with Gasteiger partial charge in [-0.05, 0) is 32.6 Å². The fourth-order valence-electron chi connectivity index (χ4n) is 2.02. The number of carbonyl (C=O) groups excluding carboxylic acids is 2. The summed E-state index contributed by atoms with van der Waals surface area (Å²) in [5.74, 6) is -0.625. The van der Waals surface area contributed by atoms with Crippen LogP contribution in [0.15, 0.2) is 0 Å². The lowest BCUT2D eigenvalue weighted by molar-refractivity contribution is -0.130. The number of carbonyl (C=O) groups is 2. The Kier molecular flexibility index (Phi) is 4.30. The summed E-state index contributed by atoms with van der Waals surface area (Å²) in [4.78, 5) is 22.6. The molecule has 2 amide bonds. The molecule has 98 valence electrons. The zero-order chi connectivity index (χ0) is 13.1. The molecule has 1 rings (SSSR count). The van der Waals surface area contributed by atoms with Crippen molar-refractivity contribution < 1.29 is 18.0 Å². The van der Waals surface area contributed by atoms with Gasteiger partial charge in [0.2, 0.25) is 11.8 Å². The summed E-state index contributed by atoms with van der Waals surface area (Å²) in [6.07, 6.45) is 3.54. The molecule has 1 saturated heterocycles. The van der Waals surface area contributed by atoms with Gasteiger partial charge in [0.05, 0.1) is 4.75 Å². The summed E-state index contributed by atoms with van der Waals surface area (Å²) in [5, 5.41) is 2.29. The molecule has 1 fully saturated rings. The molecule has 1 aliphatic heterocycles. The van der Waals surface area contributed by atoms with Crippen LogP contribution in [0.2, 0.25) is 0 Å². The van der Waals surface area contributed by atoms with Crippen LogP contribution in [0.1, 0.15) is 45.4 Å². The van der Waals surface area contributed by atoms with Crippen molar-refractivity contribution in [3.8, 4) is 0 Å². The lowest BCUT2D eigenvalue weighted by Crippen LogP contribution is -2.37. The van der Waals surface area contributed by atoms with E-state index in [4.69, 9.17) is 0 Å². The van der Waals surface area contributed by atoms with Crippen molar-refractivity contribution in [2.45, 2.75) is 50.2 Å². The first kappa shape index (κ1) is 14.2. The second kappa shape index (κ2) is 5.16. The number of sulfone groups is 1. The molecule has 0 atom stereocenters. The van der Waals surface area contributed by atoms with E-state index in [-0.39, 0.29) is 24.7 Å². The smallest absolute Gasteiger partial charge is 0.226 e. The van der Waals surface area contributed by atoms with Gasteiger partial charge in [0.25, 0.3) is 0 Å². The molecular formula is C11H19NO4S. The largest absolute Gasteiger partial charge is 0.296 e. The van der Waals surface area contributed by atoms with Crippen molar-refractivity contribution in [3.05, 3.63) is 0 Å². The molecule has 5 nitrogen and oxygen atoms in total. The van der Waals surface area contributed by atoms with Crippen LogP contribution < -0.4 is 5.32 Å². The third-order valence-electron chi connectivity index (χ3n) is 3.39. The fourth-order valence-corrected chi connectivity index (χ4v) is 3.05. The zero-order valence-corrected chi connectivity index (χ0v) is 11.1. The number of hydrogen-bond donors (Lipinski definition) is 1. The first-order valence-electron chi connectivity index (χ1n) is 5.77. The third-order valence-corrected chi connectivity index (χ3v) is 5.59. The Morgan fingerprint density at radius 1 is 1.06 bits per heavy atom. The minimum atomic E-state index is -3.17. The SMILES string of the molecule is CC1(S(C)(=O)=O)CCCC(=O)NC(=O)CCC1. The Bertz CT molecular complexity index is 393. The first-order valence-corrected chi connectivity index (χ1v) is 7.66. The molecule has 0 unspecified atom stereocenters. The number of hydrogen-bond acceptors (Lipinski definition) is 4. The second-order valence-corrected chi connectivity index (χ2v) is 7.43. The van der Waals surface area contributed by atoms with Crippen LogP contribution in [-0.2, 0) is 19.4 Å². The van der Waals surface area contributed by atoms with Crippen molar-refractivity contribution in [2.24, 2.45) is 0 Å². The molecule has 0 spiro atoms. The molecule has 1 N–H and O–H groups in total. The zero-order valence-electron chi connectivity index (χ0n) is 10.3. The molecule has 0 aromatic heterocycles. The topological polar surface area (TPSA) is 80.3 Å². The predicted octanol–water partition coefficient (Wildman–Crippen LogP) is 0.787. The molecule has 0 aromatic rings. The third kappa shape index (κ3) is 3.80. The molecule has 0 bridgehead atoms. The summed E-state index contributed by atoms with van der Waals surface area (Å²) >= 11 is 0. The predicted molar refractivity (Wildman–Crippen MR) is 64.1 cm³/mol. The van der Waals surface area contributed by atoms with E-state index in [0.717, 1.165) is 0 Å². The van der Waals surface area contributed by atoms with E-state index in [1.807, 2.05) is 0 Å². The summed E-state index contributed by atoms with van der Waals surface area (Å²) in [7, 11) is -3.17. The Morgan fingerprint density at radius 2 is 1.47 bits per heavy atom. The summed E-state index contributed by atoms with van der Waals surface area (Å²) in [6, 6.07) is 0. The molecular weight excluding hydrogens is 242 g/mol. The number of rotatable bonds is 1. The highest BCUT2D eigenvalue weighted by Crippen LogP contribution is 2.29. The van der Waals surface area contributed by atoms with Crippen LogP contribution in [0.3, 0.4) is 0 Å². The molecule has 6 heteroatoms. The Labute approximate surface area is 102 Å². The average molecular weight is 261 g/mol. The molecule has 0 radical (unpaired) electrons. The molecule has 0 aliphatic carbocycles. The van der Waals surface area contributed by atoms with Gasteiger partial charge >= 0.3 is 0 Å². The van der Waals surface area contributed by atoms with E-state index >= 15 is 0 Å². The van der Waals surface area contributed by atoms with E-state index in [9.17, 15) is 18.0 Å². The highest BCUT2D eigenvalue weighted by Gasteiger charge is 2.35. The maximum Gasteiger partial charge on any atom is 0.226 e. The Hall–Kier alpha value is -0.910. The van der Waals surface area contributed by atoms with Crippen molar-refractivity contribution in [1.82, 2.24) is 5.32 Å². The van der Waals surface area contributed by atoms with Crippen molar-refractivity contribution >= 4 is 21.7 Å². The van der Waals surface area contributed by atoms with Gasteiger partial charge in [0, 0.05) is 19.1 Å². The van der Waals surface area contributed by atoms with E-state index in [1.165, 1.54) is 6.26 Å². The molecule has 1 aliphatic rings. The minimum absolute atomic E-state index is 0.205. The van der Waals surface area contributed by atoms with Gasteiger partial charge in [0.15, 0.2) is 9.84 Å². The lowest BCUT2D eigenvalue weighted by atomic mass is 9.95. The molecule has 17 heavy (non-hydrogen) atoms. The normalized spacial score (nSPS) is 22.9. The van der Waals surface area contributed by atoms with E-state index in [2.05, 4.69) is 5.32 Å². The fraction of sp³-hybridized carbons (Fsp3) is 0.818. The van der Waals surface area contributed by atoms with Crippen LogP contribution in [0.4, 0.5) is 0 Å². The summed E-state index contributed by atoms with van der Waals surface area (Å²) in [6.45, 7) is 1.70. The molecule has 0 saturated carbocycles. The van der Waals surface area contributed by atoms with Crippen molar-refractivity contribution in [3.63, 3.8) is 0 Å². The van der Waals surface area contributed by atoms with Crippen LogP contribution in [-0.4, -0.2) is 31.2 Å². The second-order valence-electron chi connectivity index (χ2n) is 4.90. The van der Waals surface area contributed by atoms with Crippen molar-refractivity contribution in [1.29, 1.82) is 0 Å². The first-order chi connectivity index (χ1) is 7.74. The Balaban J connectivity index is 2.82. The highest BCUT2D eigenvalue weighted by atomic mass is 32.2. The van der Waals surface area contributed by atoms with Gasteiger partial charge in [-0.1, -0.05) is 0 Å². The monoisotopic (exact) mass is 261 g/mol. The van der Waals surface area contributed by atoms with Crippen LogP contribution in [0.5, 0.6) is 0 Å². The Morgan fingerprint density at radius 3 is 1.82 bits per heavy atom. The van der Waals surface area contributed by atoms with Crippen molar-refractivity contribution in [2.75, 3.05) is 6.26 Å². The molecule has 0 aromatic carbocycles. The quantitative estimate of drug-likeness (QED) is 0.708. The van der Waals surface area contributed by atoms with Gasteiger partial charge in [-0.25, -0.2) is 8.42 Å². The van der Waals surface area contributed by atoms with Crippen LogP contribution >= 0.6 is 0 Å². The maximum absolute atomic E-state index is 11.7. The van der Waals surface area contributed by atoms with E-state index in [1.54, 1.807) is 6.92 Å². The van der Waals surface area contributed by atoms with Crippen LogP contribution in [0, 0.1) is 0 Å². The van der Waals surface area contributed by atoms with Gasteiger partial charge in [-0.3, -0.25) is 14.9 Å². The van der Waals surface area contributed by atoms with Gasteiger partial charge in [0.1, 0.15) is 0 Å². The number of nitrogens with one attached hydrogen (secondary N) is 1. The van der Waals surface area contributed by atoms with Crippen LogP contribution in [0.25, 0.3) is 0 Å². The molecule has 1 heterocycles. The summed E-state index contributed by atoms with van der Waals surface area (Å²) < 4.78 is 22.7. The summed E-state index contributed by atoms with van der Waals surface area (Å²) in [5.41, 5.74) is 0. The minimum Gasteiger partial charge on any atom is -0.296 e. The van der Waals surface area contributed by atoms with E-state index < -0.39 is 14.6 Å². The van der Waals surface area contributed by atoms with E-state index in [0.29, 0.717) is 25.7 Å². The highest BCUT2D eigenvalue weighted by molar-refractivity contribution is 7.92. The van der Waals surface area contributed by atoms with Gasteiger partial charge in [-0.15, -0.1) is 0 Å².